The van der Waals surface area contributed by atoms with Crippen molar-refractivity contribution < 1.29 is 13.0 Å². The van der Waals surface area contributed by atoms with E-state index in [1.807, 2.05) is 0 Å². The molecule has 1 aromatic rings. The summed E-state index contributed by atoms with van der Waals surface area (Å²) in [7, 11) is -4.30. The molecule has 0 aliphatic carbocycles. The first-order chi connectivity index (χ1) is 6.39. The number of rotatable bonds is 3. The van der Waals surface area contributed by atoms with E-state index in [0.29, 0.717) is 3.92 Å². The highest BCUT2D eigenvalue weighted by Gasteiger charge is 2.02. The van der Waals surface area contributed by atoms with Crippen molar-refractivity contribution in [3.05, 3.63) is 29.8 Å². The molecular formula is C9H14INO3S. The van der Waals surface area contributed by atoms with E-state index in [-0.39, 0.29) is 11.0 Å². The maximum atomic E-state index is 10.6. The van der Waals surface area contributed by atoms with E-state index in [0.717, 1.165) is 12.0 Å². The van der Waals surface area contributed by atoms with Gasteiger partial charge >= 0.3 is 0 Å². The number of hydrogen-bond acceptors (Lipinski definition) is 3. The van der Waals surface area contributed by atoms with Crippen molar-refractivity contribution in [1.29, 1.82) is 0 Å². The van der Waals surface area contributed by atoms with Crippen molar-refractivity contribution in [2.75, 3.05) is 0 Å². The zero-order valence-corrected chi connectivity index (χ0v) is 11.6. The third kappa shape index (κ3) is 4.92. The molecule has 0 fully saturated rings. The Morgan fingerprint density at radius 2 is 1.80 bits per heavy atom. The highest BCUT2D eigenvalue weighted by atomic mass is 127. The second-order valence-corrected chi connectivity index (χ2v) is 6.59. The van der Waals surface area contributed by atoms with Gasteiger partial charge in [0.1, 0.15) is 10.1 Å². The second kappa shape index (κ2) is 5.78. The fourth-order valence-corrected chi connectivity index (χ4v) is 2.09. The molecule has 1 aromatic carbocycles. The molecule has 0 saturated heterocycles. The second-order valence-electron chi connectivity index (χ2n) is 3.08. The molecule has 0 aliphatic heterocycles. The molecule has 0 bridgehead atoms. The van der Waals surface area contributed by atoms with Crippen molar-refractivity contribution in [2.45, 2.75) is 22.2 Å². The summed E-state index contributed by atoms with van der Waals surface area (Å²) in [6, 6.07) is 6.08. The molecule has 15 heavy (non-hydrogen) atoms. The van der Waals surface area contributed by atoms with Crippen LogP contribution in [0.3, 0.4) is 0 Å². The summed E-state index contributed by atoms with van der Waals surface area (Å²) >= 11 is 2.29. The van der Waals surface area contributed by atoms with Crippen LogP contribution < -0.4 is 6.15 Å². The Balaban J connectivity index is 0.00000196. The Bertz CT molecular complexity index is 400. The zero-order chi connectivity index (χ0) is 10.8. The topological polar surface area (TPSA) is 93.7 Å². The van der Waals surface area contributed by atoms with Gasteiger partial charge in [-0.25, -0.2) is 8.42 Å². The molecule has 0 saturated carbocycles. The Hall–Kier alpha value is -0.180. The summed E-state index contributed by atoms with van der Waals surface area (Å²) in [6.07, 6.45) is 0.875. The van der Waals surface area contributed by atoms with Crippen LogP contribution in [0, 0.1) is 0 Å². The lowest BCUT2D eigenvalue weighted by Gasteiger charge is -2.08. The van der Waals surface area contributed by atoms with Gasteiger partial charge in [0.25, 0.3) is 0 Å². The molecule has 4 N–H and O–H groups in total. The Morgan fingerprint density at radius 3 is 2.13 bits per heavy atom. The van der Waals surface area contributed by atoms with Gasteiger partial charge in [-0.1, -0.05) is 41.6 Å². The van der Waals surface area contributed by atoms with Crippen LogP contribution in [-0.4, -0.2) is 16.9 Å². The number of benzene rings is 1. The van der Waals surface area contributed by atoms with Crippen LogP contribution >= 0.6 is 22.6 Å². The Morgan fingerprint density at radius 1 is 1.33 bits per heavy atom. The highest BCUT2D eigenvalue weighted by molar-refractivity contribution is 14.1. The van der Waals surface area contributed by atoms with Crippen molar-refractivity contribution >= 4 is 32.7 Å². The summed E-state index contributed by atoms with van der Waals surface area (Å²) in [4.78, 5) is -0.164. The lowest BCUT2D eigenvalue weighted by atomic mass is 10.1. The quantitative estimate of drug-likeness (QED) is 0.518. The molecule has 4 nitrogen and oxygen atoms in total. The third-order valence-corrected chi connectivity index (χ3v) is 3.02. The molecule has 86 valence electrons. The van der Waals surface area contributed by atoms with Gasteiger partial charge in [-0.15, -0.1) is 0 Å². The fraction of sp³-hybridized carbons (Fsp3) is 0.333. The minimum Gasteiger partial charge on any atom is -0.744 e. The van der Waals surface area contributed by atoms with E-state index >= 15 is 0 Å². The van der Waals surface area contributed by atoms with Gasteiger partial charge in [0, 0.05) is 3.92 Å². The molecule has 6 heteroatoms. The Labute approximate surface area is 104 Å². The average Bonchev–Trinajstić information content (AvgIpc) is 2.02. The van der Waals surface area contributed by atoms with Gasteiger partial charge in [-0.3, -0.25) is 0 Å². The van der Waals surface area contributed by atoms with Crippen LogP contribution in [0.1, 0.15) is 12.5 Å². The number of hydrogen-bond donors (Lipinski definition) is 1. The molecule has 0 amide bonds. The lowest BCUT2D eigenvalue weighted by molar-refractivity contribution is 0.463. The van der Waals surface area contributed by atoms with Crippen molar-refractivity contribution in [3.63, 3.8) is 0 Å². The molecule has 1 atom stereocenters. The van der Waals surface area contributed by atoms with E-state index in [9.17, 15) is 13.0 Å². The minimum atomic E-state index is -4.30. The van der Waals surface area contributed by atoms with E-state index in [2.05, 4.69) is 29.5 Å². The normalized spacial score (nSPS) is 13.0. The number of halogens is 1. The first-order valence-corrected chi connectivity index (χ1v) is 6.74. The van der Waals surface area contributed by atoms with E-state index in [4.69, 9.17) is 0 Å². The van der Waals surface area contributed by atoms with E-state index < -0.39 is 10.1 Å². The van der Waals surface area contributed by atoms with Crippen LogP contribution in [0.2, 0.25) is 0 Å². The van der Waals surface area contributed by atoms with Crippen molar-refractivity contribution in [1.82, 2.24) is 6.15 Å². The minimum absolute atomic E-state index is 0. The smallest absolute Gasteiger partial charge is 0.124 e. The van der Waals surface area contributed by atoms with Gasteiger partial charge in [0.15, 0.2) is 0 Å². The maximum absolute atomic E-state index is 10.6. The Kier molecular flexibility index (Phi) is 5.71. The summed E-state index contributed by atoms with van der Waals surface area (Å²) < 4.78 is 32.3. The maximum Gasteiger partial charge on any atom is 0.124 e. The van der Waals surface area contributed by atoms with Gasteiger partial charge in [0.2, 0.25) is 0 Å². The zero-order valence-electron chi connectivity index (χ0n) is 8.60. The SMILES string of the molecule is CC(I)Cc1ccc(S(=O)(=O)[O-])cc1.[NH4+]. The molecule has 0 radical (unpaired) electrons. The molecule has 0 heterocycles. The van der Waals surface area contributed by atoms with Gasteiger partial charge < -0.3 is 10.7 Å². The predicted molar refractivity (Wildman–Crippen MR) is 67.6 cm³/mol. The fourth-order valence-electron chi connectivity index (χ4n) is 1.12. The molecular weight excluding hydrogens is 329 g/mol. The van der Waals surface area contributed by atoms with E-state index in [1.165, 1.54) is 12.1 Å². The average molecular weight is 343 g/mol. The molecule has 0 aromatic heterocycles. The lowest BCUT2D eigenvalue weighted by Crippen LogP contribution is -2.00. The van der Waals surface area contributed by atoms with Gasteiger partial charge in [-0.2, -0.15) is 0 Å². The number of quaternary nitrogens is 1. The summed E-state index contributed by atoms with van der Waals surface area (Å²) in [5, 5.41) is 0. The molecule has 0 spiro atoms. The number of alkyl halides is 1. The van der Waals surface area contributed by atoms with Crippen LogP contribution in [0.25, 0.3) is 0 Å². The van der Waals surface area contributed by atoms with Crippen LogP contribution in [0.5, 0.6) is 0 Å². The van der Waals surface area contributed by atoms with E-state index in [1.54, 1.807) is 12.1 Å². The summed E-state index contributed by atoms with van der Waals surface area (Å²) in [5.41, 5.74) is 1.04. The largest absolute Gasteiger partial charge is 0.744 e. The van der Waals surface area contributed by atoms with Crippen LogP contribution in [0.4, 0.5) is 0 Å². The van der Waals surface area contributed by atoms with Crippen molar-refractivity contribution in [3.8, 4) is 0 Å². The highest BCUT2D eigenvalue weighted by Crippen LogP contribution is 2.13. The first kappa shape index (κ1) is 14.8. The summed E-state index contributed by atoms with van der Waals surface area (Å²) in [6.45, 7) is 2.07. The van der Waals surface area contributed by atoms with Gasteiger partial charge in [0.05, 0.1) is 4.90 Å². The first-order valence-electron chi connectivity index (χ1n) is 4.08. The van der Waals surface area contributed by atoms with Crippen LogP contribution in [-0.2, 0) is 16.5 Å². The molecule has 1 rings (SSSR count). The molecule has 1 unspecified atom stereocenters. The van der Waals surface area contributed by atoms with Crippen molar-refractivity contribution in [2.24, 2.45) is 0 Å². The molecule has 0 aliphatic rings. The predicted octanol–water partition coefficient (Wildman–Crippen LogP) is 2.33. The monoisotopic (exact) mass is 343 g/mol. The third-order valence-electron chi connectivity index (χ3n) is 1.73. The van der Waals surface area contributed by atoms with Crippen LogP contribution in [0.15, 0.2) is 29.2 Å². The standard InChI is InChI=1S/C9H11IO3S.H3N/c1-7(10)6-8-2-4-9(5-3-8)14(11,12)13;/h2-5,7H,6H2,1H3,(H,11,12,13);1H3. The van der Waals surface area contributed by atoms with Gasteiger partial charge in [-0.05, 0) is 24.1 Å². The summed E-state index contributed by atoms with van der Waals surface area (Å²) in [5.74, 6) is 0.